The SMILES string of the molecule is CNC(=O)CC1CCN(c2cc(C(C)=O)ccc2C#N)CC1. The lowest BCUT2D eigenvalue weighted by Crippen LogP contribution is -2.36. The van der Waals surface area contributed by atoms with Gasteiger partial charge in [-0.15, -0.1) is 0 Å². The maximum atomic E-state index is 11.5. The van der Waals surface area contributed by atoms with Gasteiger partial charge in [0.1, 0.15) is 6.07 Å². The van der Waals surface area contributed by atoms with E-state index in [1.54, 1.807) is 25.2 Å². The summed E-state index contributed by atoms with van der Waals surface area (Å²) in [6, 6.07) is 7.41. The second-order valence-electron chi connectivity index (χ2n) is 5.71. The van der Waals surface area contributed by atoms with Gasteiger partial charge in [0.25, 0.3) is 0 Å². The molecule has 1 aromatic carbocycles. The fraction of sp³-hybridized carbons (Fsp3) is 0.471. The van der Waals surface area contributed by atoms with Gasteiger partial charge in [-0.2, -0.15) is 5.26 Å². The molecule has 0 atom stereocenters. The van der Waals surface area contributed by atoms with Crippen LogP contribution in [0.4, 0.5) is 5.69 Å². The predicted molar refractivity (Wildman–Crippen MR) is 84.8 cm³/mol. The summed E-state index contributed by atoms with van der Waals surface area (Å²) in [6.45, 7) is 3.14. The summed E-state index contributed by atoms with van der Waals surface area (Å²) in [7, 11) is 1.66. The molecule has 1 aliphatic heterocycles. The molecule has 1 fully saturated rings. The Balaban J connectivity index is 2.10. The van der Waals surface area contributed by atoms with Crippen molar-refractivity contribution in [2.24, 2.45) is 5.92 Å². The molecule has 1 saturated heterocycles. The Morgan fingerprint density at radius 3 is 2.59 bits per heavy atom. The smallest absolute Gasteiger partial charge is 0.220 e. The normalized spacial score (nSPS) is 15.2. The number of rotatable bonds is 4. The highest BCUT2D eigenvalue weighted by Gasteiger charge is 2.23. The van der Waals surface area contributed by atoms with Gasteiger partial charge >= 0.3 is 0 Å². The number of Topliss-reactive ketones (excluding diaryl/α,β-unsaturated/α-hetero) is 1. The largest absolute Gasteiger partial charge is 0.370 e. The molecule has 22 heavy (non-hydrogen) atoms. The van der Waals surface area contributed by atoms with Crippen molar-refractivity contribution < 1.29 is 9.59 Å². The minimum Gasteiger partial charge on any atom is -0.370 e. The van der Waals surface area contributed by atoms with Gasteiger partial charge in [0.2, 0.25) is 5.91 Å². The number of nitrogens with one attached hydrogen (secondary N) is 1. The van der Waals surface area contributed by atoms with Crippen molar-refractivity contribution >= 4 is 17.4 Å². The first-order chi connectivity index (χ1) is 10.5. The third kappa shape index (κ3) is 3.64. The summed E-state index contributed by atoms with van der Waals surface area (Å²) < 4.78 is 0. The van der Waals surface area contributed by atoms with E-state index in [0.29, 0.717) is 23.5 Å². The van der Waals surface area contributed by atoms with E-state index >= 15 is 0 Å². The number of anilines is 1. The van der Waals surface area contributed by atoms with E-state index in [9.17, 15) is 14.9 Å². The molecule has 5 heteroatoms. The molecule has 0 radical (unpaired) electrons. The van der Waals surface area contributed by atoms with Crippen LogP contribution in [0.3, 0.4) is 0 Å². The Morgan fingerprint density at radius 2 is 2.05 bits per heavy atom. The lowest BCUT2D eigenvalue weighted by atomic mass is 9.92. The quantitative estimate of drug-likeness (QED) is 0.864. The number of piperidine rings is 1. The van der Waals surface area contributed by atoms with Crippen LogP contribution in [0.15, 0.2) is 18.2 Å². The van der Waals surface area contributed by atoms with Crippen LogP contribution < -0.4 is 10.2 Å². The highest BCUT2D eigenvalue weighted by Crippen LogP contribution is 2.28. The zero-order valence-corrected chi connectivity index (χ0v) is 13.1. The maximum Gasteiger partial charge on any atom is 0.220 e. The van der Waals surface area contributed by atoms with Crippen molar-refractivity contribution in [2.75, 3.05) is 25.0 Å². The number of benzene rings is 1. The predicted octanol–water partition coefficient (Wildman–Crippen LogP) is 2.11. The number of carbonyl (C=O) groups is 2. The van der Waals surface area contributed by atoms with Crippen LogP contribution in [-0.2, 0) is 4.79 Å². The second kappa shape index (κ2) is 7.08. The summed E-state index contributed by atoms with van der Waals surface area (Å²) >= 11 is 0. The zero-order valence-electron chi connectivity index (χ0n) is 13.1. The topological polar surface area (TPSA) is 73.2 Å². The van der Waals surface area contributed by atoms with Crippen molar-refractivity contribution in [2.45, 2.75) is 26.2 Å². The summed E-state index contributed by atoms with van der Waals surface area (Å²) in [5, 5.41) is 11.9. The molecule has 0 bridgehead atoms. The molecule has 1 amide bonds. The lowest BCUT2D eigenvalue weighted by molar-refractivity contribution is -0.121. The van der Waals surface area contributed by atoms with Crippen LogP contribution in [-0.4, -0.2) is 31.8 Å². The molecule has 0 aromatic heterocycles. The average Bonchev–Trinajstić information content (AvgIpc) is 2.54. The number of ketones is 1. The fourth-order valence-electron chi connectivity index (χ4n) is 2.85. The van der Waals surface area contributed by atoms with Gasteiger partial charge in [0, 0.05) is 32.1 Å². The third-order valence-electron chi connectivity index (χ3n) is 4.23. The first kappa shape index (κ1) is 16.0. The molecule has 0 spiro atoms. The van der Waals surface area contributed by atoms with Gasteiger partial charge in [0.15, 0.2) is 5.78 Å². The van der Waals surface area contributed by atoms with Crippen LogP contribution >= 0.6 is 0 Å². The Labute approximate surface area is 130 Å². The highest BCUT2D eigenvalue weighted by atomic mass is 16.1. The summed E-state index contributed by atoms with van der Waals surface area (Å²) in [6.07, 6.45) is 2.40. The van der Waals surface area contributed by atoms with Crippen molar-refractivity contribution in [3.63, 3.8) is 0 Å². The molecular formula is C17H21N3O2. The summed E-state index contributed by atoms with van der Waals surface area (Å²) in [5.41, 5.74) is 2.05. The monoisotopic (exact) mass is 299 g/mol. The molecule has 0 unspecified atom stereocenters. The minimum atomic E-state index is 0.000225. The van der Waals surface area contributed by atoms with E-state index < -0.39 is 0 Å². The molecule has 1 aromatic rings. The fourth-order valence-corrected chi connectivity index (χ4v) is 2.85. The number of carbonyl (C=O) groups excluding carboxylic acids is 2. The van der Waals surface area contributed by atoms with E-state index in [1.807, 2.05) is 0 Å². The van der Waals surface area contributed by atoms with Gasteiger partial charge in [-0.3, -0.25) is 9.59 Å². The zero-order chi connectivity index (χ0) is 16.1. The molecule has 0 aliphatic carbocycles. The Morgan fingerprint density at radius 1 is 1.36 bits per heavy atom. The summed E-state index contributed by atoms with van der Waals surface area (Å²) in [5.74, 6) is 0.465. The van der Waals surface area contributed by atoms with Crippen LogP contribution in [0.2, 0.25) is 0 Å². The Bertz CT molecular complexity index is 611. The van der Waals surface area contributed by atoms with Crippen molar-refractivity contribution in [3.05, 3.63) is 29.3 Å². The Hall–Kier alpha value is -2.35. The first-order valence-electron chi connectivity index (χ1n) is 7.55. The number of amides is 1. The molecule has 116 valence electrons. The van der Waals surface area contributed by atoms with Gasteiger partial charge in [-0.05, 0) is 43.9 Å². The molecular weight excluding hydrogens is 278 g/mol. The van der Waals surface area contributed by atoms with E-state index in [0.717, 1.165) is 31.6 Å². The summed E-state index contributed by atoms with van der Waals surface area (Å²) in [4.78, 5) is 25.1. The van der Waals surface area contributed by atoms with Gasteiger partial charge < -0.3 is 10.2 Å². The van der Waals surface area contributed by atoms with Crippen LogP contribution in [0.25, 0.3) is 0 Å². The van der Waals surface area contributed by atoms with Crippen LogP contribution in [0, 0.1) is 17.2 Å². The van der Waals surface area contributed by atoms with E-state index in [4.69, 9.17) is 0 Å². The van der Waals surface area contributed by atoms with Gasteiger partial charge in [-0.1, -0.05) is 0 Å². The molecule has 1 heterocycles. The van der Waals surface area contributed by atoms with Crippen molar-refractivity contribution in [1.82, 2.24) is 5.32 Å². The lowest BCUT2D eigenvalue weighted by Gasteiger charge is -2.34. The van der Waals surface area contributed by atoms with Gasteiger partial charge in [0.05, 0.1) is 11.3 Å². The van der Waals surface area contributed by atoms with E-state index in [2.05, 4.69) is 16.3 Å². The number of hydrogen-bond acceptors (Lipinski definition) is 4. The number of hydrogen-bond donors (Lipinski definition) is 1. The minimum absolute atomic E-state index is 0.000225. The first-order valence-corrected chi connectivity index (χ1v) is 7.55. The molecule has 0 saturated carbocycles. The molecule has 5 nitrogen and oxygen atoms in total. The standard InChI is InChI=1S/C17H21N3O2/c1-12(21)14-3-4-15(11-18)16(10-14)20-7-5-13(6-8-20)9-17(22)19-2/h3-4,10,13H,5-9H2,1-2H3,(H,19,22). The van der Waals surface area contributed by atoms with E-state index in [1.165, 1.54) is 6.92 Å². The molecule has 1 N–H and O–H groups in total. The highest BCUT2D eigenvalue weighted by molar-refractivity contribution is 5.95. The van der Waals surface area contributed by atoms with Crippen molar-refractivity contribution in [3.8, 4) is 6.07 Å². The average molecular weight is 299 g/mol. The number of nitriles is 1. The van der Waals surface area contributed by atoms with Crippen molar-refractivity contribution in [1.29, 1.82) is 5.26 Å². The number of nitrogens with zero attached hydrogens (tertiary/aromatic N) is 2. The van der Waals surface area contributed by atoms with Gasteiger partial charge in [-0.25, -0.2) is 0 Å². The second-order valence-corrected chi connectivity index (χ2v) is 5.71. The Kier molecular flexibility index (Phi) is 5.16. The third-order valence-corrected chi connectivity index (χ3v) is 4.23. The molecule has 2 rings (SSSR count). The molecule has 1 aliphatic rings. The van der Waals surface area contributed by atoms with E-state index in [-0.39, 0.29) is 11.7 Å². The maximum absolute atomic E-state index is 11.5. The van der Waals surface area contributed by atoms with Crippen LogP contribution in [0.5, 0.6) is 0 Å². The van der Waals surface area contributed by atoms with Crippen LogP contribution in [0.1, 0.15) is 42.1 Å².